The van der Waals surface area contributed by atoms with E-state index in [9.17, 15) is 0 Å². The quantitative estimate of drug-likeness (QED) is 0.666. The number of nitrogens with one attached hydrogen (secondary N) is 1. The van der Waals surface area contributed by atoms with Gasteiger partial charge in [0.05, 0.1) is 0 Å². The predicted molar refractivity (Wildman–Crippen MR) is 52.1 cm³/mol. The summed E-state index contributed by atoms with van der Waals surface area (Å²) < 4.78 is 0. The molecule has 0 unspecified atom stereocenters. The molecule has 0 radical (unpaired) electrons. The fourth-order valence-corrected chi connectivity index (χ4v) is 3.43. The summed E-state index contributed by atoms with van der Waals surface area (Å²) in [6.45, 7) is 5.84. The molecule has 0 amide bonds. The number of hydrogen-bond acceptors (Lipinski definition) is 1. The van der Waals surface area contributed by atoms with Gasteiger partial charge >= 0.3 is 0 Å². The van der Waals surface area contributed by atoms with Crippen LogP contribution in [0.15, 0.2) is 0 Å². The molecule has 1 nitrogen and oxygen atoms in total. The SMILES string of the molecule is CCN[C@@H]1[C@@H]2CCC[C@H]1[C@@H](C)C2. The van der Waals surface area contributed by atoms with Gasteiger partial charge in [-0.05, 0) is 43.6 Å². The first-order chi connectivity index (χ1) is 5.83. The maximum atomic E-state index is 3.68. The molecule has 1 N–H and O–H groups in total. The van der Waals surface area contributed by atoms with Crippen LogP contribution in [0.2, 0.25) is 0 Å². The van der Waals surface area contributed by atoms with Gasteiger partial charge < -0.3 is 5.32 Å². The van der Waals surface area contributed by atoms with E-state index in [4.69, 9.17) is 0 Å². The van der Waals surface area contributed by atoms with Crippen LogP contribution in [0.1, 0.15) is 39.5 Å². The Balaban J connectivity index is 2.04. The van der Waals surface area contributed by atoms with Gasteiger partial charge in [-0.15, -0.1) is 0 Å². The maximum Gasteiger partial charge on any atom is 0.0126 e. The molecule has 2 aliphatic rings. The minimum atomic E-state index is 0.874. The first-order valence-electron chi connectivity index (χ1n) is 5.56. The molecule has 0 aromatic carbocycles. The summed E-state index contributed by atoms with van der Waals surface area (Å²) in [4.78, 5) is 0. The Morgan fingerprint density at radius 3 is 2.83 bits per heavy atom. The summed E-state index contributed by atoms with van der Waals surface area (Å²) in [5.74, 6) is 3.00. The van der Waals surface area contributed by atoms with Crippen LogP contribution in [0.4, 0.5) is 0 Å². The summed E-state index contributed by atoms with van der Waals surface area (Å²) >= 11 is 0. The fraction of sp³-hybridized carbons (Fsp3) is 1.00. The van der Waals surface area contributed by atoms with Crippen LogP contribution in [-0.2, 0) is 0 Å². The molecule has 0 aromatic rings. The number of rotatable bonds is 2. The zero-order valence-corrected chi connectivity index (χ0v) is 8.34. The molecule has 2 bridgehead atoms. The third-order valence-corrected chi connectivity index (χ3v) is 3.93. The lowest BCUT2D eigenvalue weighted by atomic mass is 9.82. The smallest absolute Gasteiger partial charge is 0.0126 e. The first-order valence-corrected chi connectivity index (χ1v) is 5.56. The molecular formula is C11H21N. The molecule has 0 aliphatic heterocycles. The molecule has 0 saturated heterocycles. The number of hydrogen-bond donors (Lipinski definition) is 1. The van der Waals surface area contributed by atoms with Crippen LogP contribution in [0.25, 0.3) is 0 Å². The third kappa shape index (κ3) is 1.28. The van der Waals surface area contributed by atoms with Crippen molar-refractivity contribution in [3.8, 4) is 0 Å². The monoisotopic (exact) mass is 167 g/mol. The molecule has 1 heteroatoms. The lowest BCUT2D eigenvalue weighted by molar-refractivity contribution is 0.244. The summed E-state index contributed by atoms with van der Waals surface area (Å²) in [5.41, 5.74) is 0. The lowest BCUT2D eigenvalue weighted by Crippen LogP contribution is -2.40. The maximum absolute atomic E-state index is 3.68. The Labute approximate surface area is 75.9 Å². The van der Waals surface area contributed by atoms with Crippen LogP contribution < -0.4 is 5.32 Å². The molecular weight excluding hydrogens is 146 g/mol. The molecule has 0 aromatic heterocycles. The Morgan fingerprint density at radius 2 is 2.17 bits per heavy atom. The Hall–Kier alpha value is -0.0400. The van der Waals surface area contributed by atoms with Crippen LogP contribution in [-0.4, -0.2) is 12.6 Å². The zero-order chi connectivity index (χ0) is 8.55. The van der Waals surface area contributed by atoms with E-state index in [2.05, 4.69) is 19.2 Å². The average molecular weight is 167 g/mol. The van der Waals surface area contributed by atoms with Crippen molar-refractivity contribution in [2.45, 2.75) is 45.6 Å². The standard InChI is InChI=1S/C11H21N/c1-3-12-11-9-5-4-6-10(11)8(2)7-9/h8-12H,3-7H2,1-2H3/t8-,9+,10-,11+/m0/s1. The fourth-order valence-electron chi connectivity index (χ4n) is 3.43. The van der Waals surface area contributed by atoms with Gasteiger partial charge in [0, 0.05) is 6.04 Å². The van der Waals surface area contributed by atoms with Crippen molar-refractivity contribution in [2.75, 3.05) is 6.54 Å². The summed E-state index contributed by atoms with van der Waals surface area (Å²) in [6, 6.07) is 0.874. The van der Waals surface area contributed by atoms with E-state index in [1.165, 1.54) is 25.7 Å². The van der Waals surface area contributed by atoms with E-state index in [0.29, 0.717) is 0 Å². The van der Waals surface area contributed by atoms with Crippen molar-refractivity contribution in [3.05, 3.63) is 0 Å². The van der Waals surface area contributed by atoms with Crippen molar-refractivity contribution in [2.24, 2.45) is 17.8 Å². The summed E-state index contributed by atoms with van der Waals surface area (Å²) in [5, 5.41) is 3.68. The van der Waals surface area contributed by atoms with Gasteiger partial charge in [0.2, 0.25) is 0 Å². The van der Waals surface area contributed by atoms with E-state index in [-0.39, 0.29) is 0 Å². The van der Waals surface area contributed by atoms with E-state index in [0.717, 1.165) is 30.3 Å². The second-order valence-electron chi connectivity index (χ2n) is 4.65. The number of fused-ring (bicyclic) bond motifs is 2. The van der Waals surface area contributed by atoms with E-state index >= 15 is 0 Å². The van der Waals surface area contributed by atoms with Crippen molar-refractivity contribution in [1.82, 2.24) is 5.32 Å². The first kappa shape index (κ1) is 8.55. The lowest BCUT2D eigenvalue weighted by Gasteiger charge is -2.31. The van der Waals surface area contributed by atoms with Crippen LogP contribution in [0.3, 0.4) is 0 Å². The second kappa shape index (κ2) is 3.37. The highest BCUT2D eigenvalue weighted by atomic mass is 14.9. The second-order valence-corrected chi connectivity index (χ2v) is 4.65. The Morgan fingerprint density at radius 1 is 1.33 bits per heavy atom. The predicted octanol–water partition coefficient (Wildman–Crippen LogP) is 2.42. The van der Waals surface area contributed by atoms with E-state index in [1.807, 2.05) is 0 Å². The van der Waals surface area contributed by atoms with Crippen LogP contribution >= 0.6 is 0 Å². The van der Waals surface area contributed by atoms with Gasteiger partial charge in [0.25, 0.3) is 0 Å². The highest BCUT2D eigenvalue weighted by molar-refractivity contribution is 4.96. The molecule has 2 fully saturated rings. The minimum Gasteiger partial charge on any atom is -0.314 e. The molecule has 12 heavy (non-hydrogen) atoms. The normalized spacial score (nSPS) is 46.5. The molecule has 70 valence electrons. The van der Waals surface area contributed by atoms with E-state index < -0.39 is 0 Å². The molecule has 2 rings (SSSR count). The van der Waals surface area contributed by atoms with Crippen molar-refractivity contribution >= 4 is 0 Å². The van der Waals surface area contributed by atoms with Crippen LogP contribution in [0, 0.1) is 17.8 Å². The van der Waals surface area contributed by atoms with Gasteiger partial charge in [-0.2, -0.15) is 0 Å². The van der Waals surface area contributed by atoms with Gasteiger partial charge in [-0.1, -0.05) is 20.3 Å². The zero-order valence-electron chi connectivity index (χ0n) is 8.34. The highest BCUT2D eigenvalue weighted by Crippen LogP contribution is 2.45. The molecule has 0 spiro atoms. The van der Waals surface area contributed by atoms with Gasteiger partial charge in [0.15, 0.2) is 0 Å². The van der Waals surface area contributed by atoms with Gasteiger partial charge in [0.1, 0.15) is 0 Å². The molecule has 4 atom stereocenters. The summed E-state index contributed by atoms with van der Waals surface area (Å²) in [7, 11) is 0. The molecule has 2 aliphatic carbocycles. The van der Waals surface area contributed by atoms with Crippen LogP contribution in [0.5, 0.6) is 0 Å². The largest absolute Gasteiger partial charge is 0.314 e. The third-order valence-electron chi connectivity index (χ3n) is 3.93. The van der Waals surface area contributed by atoms with E-state index in [1.54, 1.807) is 0 Å². The van der Waals surface area contributed by atoms with Crippen molar-refractivity contribution in [3.63, 3.8) is 0 Å². The Bertz CT molecular complexity index is 155. The highest BCUT2D eigenvalue weighted by Gasteiger charge is 2.42. The minimum absolute atomic E-state index is 0.874. The molecule has 0 heterocycles. The van der Waals surface area contributed by atoms with Gasteiger partial charge in [-0.3, -0.25) is 0 Å². The average Bonchev–Trinajstić information content (AvgIpc) is 2.27. The summed E-state index contributed by atoms with van der Waals surface area (Å²) in [6.07, 6.45) is 5.94. The van der Waals surface area contributed by atoms with Crippen molar-refractivity contribution < 1.29 is 0 Å². The van der Waals surface area contributed by atoms with Gasteiger partial charge in [-0.25, -0.2) is 0 Å². The van der Waals surface area contributed by atoms with Crippen molar-refractivity contribution in [1.29, 1.82) is 0 Å². The molecule has 2 saturated carbocycles. The Kier molecular flexibility index (Phi) is 2.40. The topological polar surface area (TPSA) is 12.0 Å².